The number of ketones is 1. The second-order valence-electron chi connectivity index (χ2n) is 7.50. The Morgan fingerprint density at radius 3 is 2.64 bits per heavy atom. The number of nitrogens with zero attached hydrogens (tertiary/aromatic N) is 1. The summed E-state index contributed by atoms with van der Waals surface area (Å²) in [4.78, 5) is 12.8. The largest absolute Gasteiger partial charge is 0.444 e. The molecule has 0 fully saturated rings. The Bertz CT molecular complexity index is 852. The molecule has 0 spiro atoms. The van der Waals surface area contributed by atoms with Gasteiger partial charge in [-0.3, -0.25) is 4.79 Å². The van der Waals surface area contributed by atoms with Gasteiger partial charge in [-0.2, -0.15) is 5.26 Å². The maximum Gasteiger partial charge on any atom is 0.205 e. The lowest BCUT2D eigenvalue weighted by atomic mass is 9.70. The third-order valence-corrected chi connectivity index (χ3v) is 4.72. The molecule has 4 heteroatoms. The fourth-order valence-corrected chi connectivity index (χ4v) is 3.64. The number of carbonyl (C=O) groups is 1. The van der Waals surface area contributed by atoms with Crippen LogP contribution in [0.5, 0.6) is 0 Å². The highest BCUT2D eigenvalue weighted by Gasteiger charge is 2.42. The number of nitrogens with two attached hydrogens (primary N) is 1. The summed E-state index contributed by atoms with van der Waals surface area (Å²) in [6.07, 6.45) is 3.09. The van der Waals surface area contributed by atoms with Crippen LogP contribution in [0, 0.1) is 22.7 Å². The molecule has 0 radical (unpaired) electrons. The number of carbonyl (C=O) groups excluding carboxylic acids is 1. The zero-order valence-electron chi connectivity index (χ0n) is 14.8. The fraction of sp³-hybridized carbons (Fsp3) is 0.333. The van der Waals surface area contributed by atoms with Gasteiger partial charge in [-0.05, 0) is 17.9 Å². The van der Waals surface area contributed by atoms with Gasteiger partial charge in [0.1, 0.15) is 17.4 Å². The summed E-state index contributed by atoms with van der Waals surface area (Å²) in [5, 5.41) is 9.60. The number of hydrogen-bond acceptors (Lipinski definition) is 4. The van der Waals surface area contributed by atoms with Crippen LogP contribution in [-0.4, -0.2) is 5.78 Å². The zero-order chi connectivity index (χ0) is 18.2. The number of hydrogen-bond donors (Lipinski definition) is 1. The van der Waals surface area contributed by atoms with Gasteiger partial charge in [-0.15, -0.1) is 0 Å². The monoisotopic (exact) mass is 334 g/mol. The number of benzene rings is 1. The Kier molecular flexibility index (Phi) is 4.26. The van der Waals surface area contributed by atoms with Crippen molar-refractivity contribution < 1.29 is 9.53 Å². The summed E-state index contributed by atoms with van der Waals surface area (Å²) in [5.74, 6) is 0.330. The first-order valence-corrected chi connectivity index (χ1v) is 8.39. The standard InChI is InChI=1S/C21H22N2O2/c1-13(9-14-7-5-4-6-8-14)18-15(12-22)20(23)25-17-11-21(2,3)10-16(24)19(17)18/h4-9,18H,10-11,23H2,1-3H3/b13-9-/t18-/m1/s1. The van der Waals surface area contributed by atoms with E-state index in [9.17, 15) is 10.1 Å². The van der Waals surface area contributed by atoms with Crippen LogP contribution >= 0.6 is 0 Å². The van der Waals surface area contributed by atoms with E-state index in [0.29, 0.717) is 29.7 Å². The molecule has 4 nitrogen and oxygen atoms in total. The van der Waals surface area contributed by atoms with Crippen LogP contribution in [0.2, 0.25) is 0 Å². The second kappa shape index (κ2) is 6.25. The lowest BCUT2D eigenvalue weighted by Crippen LogP contribution is -2.34. The van der Waals surface area contributed by atoms with E-state index in [1.54, 1.807) is 0 Å². The highest BCUT2D eigenvalue weighted by Crippen LogP contribution is 2.46. The van der Waals surface area contributed by atoms with Crippen molar-refractivity contribution in [1.82, 2.24) is 0 Å². The van der Waals surface area contributed by atoms with E-state index >= 15 is 0 Å². The summed E-state index contributed by atoms with van der Waals surface area (Å²) in [6.45, 7) is 6.02. The van der Waals surface area contributed by atoms with E-state index in [-0.39, 0.29) is 17.1 Å². The molecule has 0 saturated heterocycles. The molecule has 3 rings (SSSR count). The number of rotatable bonds is 2. The number of nitriles is 1. The van der Waals surface area contributed by atoms with Gasteiger partial charge < -0.3 is 10.5 Å². The highest BCUT2D eigenvalue weighted by atomic mass is 16.5. The summed E-state index contributed by atoms with van der Waals surface area (Å²) >= 11 is 0. The predicted octanol–water partition coefficient (Wildman–Crippen LogP) is 4.07. The topological polar surface area (TPSA) is 76.1 Å². The molecule has 1 aromatic carbocycles. The van der Waals surface area contributed by atoms with Crippen LogP contribution in [0.15, 0.2) is 58.7 Å². The normalized spacial score (nSPS) is 23.0. The number of ether oxygens (including phenoxy) is 1. The van der Waals surface area contributed by atoms with Crippen molar-refractivity contribution in [3.63, 3.8) is 0 Å². The molecule has 0 aromatic heterocycles. The van der Waals surface area contributed by atoms with Gasteiger partial charge >= 0.3 is 0 Å². The zero-order valence-corrected chi connectivity index (χ0v) is 14.8. The minimum Gasteiger partial charge on any atom is -0.444 e. The van der Waals surface area contributed by atoms with Crippen molar-refractivity contribution >= 4 is 11.9 Å². The Morgan fingerprint density at radius 2 is 2.00 bits per heavy atom. The molecule has 0 saturated carbocycles. The molecular formula is C21H22N2O2. The van der Waals surface area contributed by atoms with E-state index in [1.165, 1.54) is 0 Å². The molecule has 1 atom stereocenters. The van der Waals surface area contributed by atoms with Crippen LogP contribution in [0.4, 0.5) is 0 Å². The van der Waals surface area contributed by atoms with Crippen molar-refractivity contribution in [2.24, 2.45) is 17.1 Å². The molecule has 1 aromatic rings. The number of allylic oxidation sites excluding steroid dienone is 4. The van der Waals surface area contributed by atoms with Gasteiger partial charge in [0.05, 0.1) is 5.92 Å². The Morgan fingerprint density at radius 1 is 1.32 bits per heavy atom. The maximum absolute atomic E-state index is 12.8. The summed E-state index contributed by atoms with van der Waals surface area (Å²) in [7, 11) is 0. The molecule has 128 valence electrons. The average Bonchev–Trinajstić information content (AvgIpc) is 2.53. The first-order chi connectivity index (χ1) is 11.8. The van der Waals surface area contributed by atoms with Gasteiger partial charge in [-0.25, -0.2) is 0 Å². The van der Waals surface area contributed by atoms with Gasteiger partial charge in [0, 0.05) is 18.4 Å². The molecule has 2 N–H and O–H groups in total. The van der Waals surface area contributed by atoms with Crippen molar-refractivity contribution in [3.05, 3.63) is 64.3 Å². The van der Waals surface area contributed by atoms with E-state index < -0.39 is 5.92 Å². The average molecular weight is 334 g/mol. The first-order valence-electron chi connectivity index (χ1n) is 8.39. The minimum atomic E-state index is -0.433. The van der Waals surface area contributed by atoms with Gasteiger partial charge in [0.2, 0.25) is 5.88 Å². The van der Waals surface area contributed by atoms with Crippen LogP contribution in [0.1, 0.15) is 39.2 Å². The molecular weight excluding hydrogens is 312 g/mol. The molecule has 1 aliphatic heterocycles. The predicted molar refractivity (Wildman–Crippen MR) is 96.5 cm³/mol. The van der Waals surface area contributed by atoms with Gasteiger partial charge in [0.15, 0.2) is 5.78 Å². The Hall–Kier alpha value is -2.80. The molecule has 1 aliphatic carbocycles. The summed E-state index contributed by atoms with van der Waals surface area (Å²) < 4.78 is 5.70. The van der Waals surface area contributed by atoms with Gasteiger partial charge in [-0.1, -0.05) is 55.8 Å². The fourth-order valence-electron chi connectivity index (χ4n) is 3.64. The third kappa shape index (κ3) is 3.23. The summed E-state index contributed by atoms with van der Waals surface area (Å²) in [6, 6.07) is 12.0. The Balaban J connectivity index is 2.11. The van der Waals surface area contributed by atoms with Crippen molar-refractivity contribution in [2.75, 3.05) is 0 Å². The lowest BCUT2D eigenvalue weighted by molar-refractivity contribution is -0.119. The second-order valence-corrected chi connectivity index (χ2v) is 7.50. The van der Waals surface area contributed by atoms with Gasteiger partial charge in [0.25, 0.3) is 0 Å². The maximum atomic E-state index is 12.8. The van der Waals surface area contributed by atoms with Crippen LogP contribution in [0.3, 0.4) is 0 Å². The van der Waals surface area contributed by atoms with E-state index in [2.05, 4.69) is 6.07 Å². The smallest absolute Gasteiger partial charge is 0.205 e. The molecule has 25 heavy (non-hydrogen) atoms. The SMILES string of the molecule is C/C(=C/c1ccccc1)[C@@H]1C(C#N)=C(N)OC2=C1C(=O)CC(C)(C)C2. The first kappa shape index (κ1) is 17.0. The third-order valence-electron chi connectivity index (χ3n) is 4.72. The summed E-state index contributed by atoms with van der Waals surface area (Å²) in [5.41, 5.74) is 8.69. The molecule has 0 unspecified atom stereocenters. The van der Waals surface area contributed by atoms with Crippen LogP contribution in [0.25, 0.3) is 6.08 Å². The molecule has 0 amide bonds. The Labute approximate surface area is 148 Å². The van der Waals surface area contributed by atoms with E-state index in [4.69, 9.17) is 10.5 Å². The van der Waals surface area contributed by atoms with E-state index in [1.807, 2.05) is 57.2 Å². The van der Waals surface area contributed by atoms with Crippen molar-refractivity contribution in [1.29, 1.82) is 5.26 Å². The molecule has 2 aliphatic rings. The van der Waals surface area contributed by atoms with Crippen molar-refractivity contribution in [2.45, 2.75) is 33.6 Å². The van der Waals surface area contributed by atoms with E-state index in [0.717, 1.165) is 11.1 Å². The van der Waals surface area contributed by atoms with Crippen LogP contribution in [-0.2, 0) is 9.53 Å². The highest BCUT2D eigenvalue weighted by molar-refractivity contribution is 5.99. The quantitative estimate of drug-likeness (QED) is 0.884. The molecule has 0 bridgehead atoms. The van der Waals surface area contributed by atoms with Crippen molar-refractivity contribution in [3.8, 4) is 6.07 Å². The lowest BCUT2D eigenvalue weighted by Gasteiger charge is -2.37. The van der Waals surface area contributed by atoms with Crippen LogP contribution < -0.4 is 5.73 Å². The molecule has 1 heterocycles. The minimum absolute atomic E-state index is 0.0392. The number of Topliss-reactive ketones (excluding diaryl/α,β-unsaturated/α-hetero) is 1.